The number of aliphatic hydroxyl groups is 1. The Morgan fingerprint density at radius 3 is 2.30 bits per heavy atom. The number of aromatic hydroxyl groups is 1. The third kappa shape index (κ3) is 4.03. The fourth-order valence-corrected chi connectivity index (χ4v) is 4.15. The molecule has 2 N–H and O–H groups in total. The SMILES string of the molecule is COc1ccc(C)cc1/C(O)=C1\C(=O)C(=O)N(c2ccc(Cl)c(Cl)c2)C1c1ccc(O)cc1. The Bertz CT molecular complexity index is 1300. The largest absolute Gasteiger partial charge is 0.508 e. The van der Waals surface area contributed by atoms with Crippen LogP contribution in [0.25, 0.3) is 5.76 Å². The fourth-order valence-electron chi connectivity index (χ4n) is 3.86. The normalized spacial score (nSPS) is 17.5. The highest BCUT2D eigenvalue weighted by atomic mass is 35.5. The first-order chi connectivity index (χ1) is 15.7. The number of halogens is 2. The maximum atomic E-state index is 13.2. The van der Waals surface area contributed by atoms with Crippen LogP contribution in [-0.2, 0) is 9.59 Å². The van der Waals surface area contributed by atoms with Gasteiger partial charge >= 0.3 is 0 Å². The molecule has 4 rings (SSSR count). The van der Waals surface area contributed by atoms with Crippen LogP contribution in [0.1, 0.15) is 22.7 Å². The van der Waals surface area contributed by atoms with Crippen LogP contribution in [0.2, 0.25) is 10.0 Å². The van der Waals surface area contributed by atoms with Crippen molar-refractivity contribution >= 4 is 46.3 Å². The van der Waals surface area contributed by atoms with E-state index in [1.165, 1.54) is 36.3 Å². The Hall–Kier alpha value is -3.48. The first-order valence-corrected chi connectivity index (χ1v) is 10.7. The lowest BCUT2D eigenvalue weighted by Gasteiger charge is -2.26. The van der Waals surface area contributed by atoms with Gasteiger partial charge in [-0.2, -0.15) is 0 Å². The number of anilines is 1. The number of hydrogen-bond donors (Lipinski definition) is 2. The van der Waals surface area contributed by atoms with E-state index in [4.69, 9.17) is 27.9 Å². The predicted molar refractivity (Wildman–Crippen MR) is 127 cm³/mol. The second-order valence-corrected chi connectivity index (χ2v) is 8.38. The Labute approximate surface area is 200 Å². The minimum atomic E-state index is -0.979. The lowest BCUT2D eigenvalue weighted by molar-refractivity contribution is -0.132. The molecule has 3 aromatic rings. The van der Waals surface area contributed by atoms with Crippen molar-refractivity contribution in [2.24, 2.45) is 0 Å². The molecule has 0 aromatic heterocycles. The van der Waals surface area contributed by atoms with Crippen molar-refractivity contribution < 1.29 is 24.5 Å². The van der Waals surface area contributed by atoms with Gasteiger partial charge in [-0.1, -0.05) is 47.0 Å². The molecule has 0 saturated carbocycles. The van der Waals surface area contributed by atoms with Crippen LogP contribution >= 0.6 is 23.2 Å². The molecule has 1 unspecified atom stereocenters. The van der Waals surface area contributed by atoms with Gasteiger partial charge in [0.15, 0.2) is 0 Å². The summed E-state index contributed by atoms with van der Waals surface area (Å²) in [6, 6.07) is 14.8. The number of nitrogens with zero attached hydrogens (tertiary/aromatic N) is 1. The van der Waals surface area contributed by atoms with Gasteiger partial charge in [-0.05, 0) is 55.0 Å². The number of carbonyl (C=O) groups is 2. The molecule has 6 nitrogen and oxygen atoms in total. The maximum absolute atomic E-state index is 13.2. The summed E-state index contributed by atoms with van der Waals surface area (Å²) in [5.74, 6) is -1.69. The fraction of sp³-hybridized carbons (Fsp3) is 0.120. The van der Waals surface area contributed by atoms with Crippen molar-refractivity contribution in [3.05, 3.63) is 93.0 Å². The molecule has 1 aliphatic rings. The van der Waals surface area contributed by atoms with Gasteiger partial charge in [-0.15, -0.1) is 0 Å². The Balaban J connectivity index is 1.99. The number of aryl methyl sites for hydroxylation is 1. The van der Waals surface area contributed by atoms with Crippen molar-refractivity contribution in [1.29, 1.82) is 0 Å². The average Bonchev–Trinajstić information content (AvgIpc) is 3.06. The topological polar surface area (TPSA) is 87.1 Å². The molecule has 1 heterocycles. The van der Waals surface area contributed by atoms with Crippen molar-refractivity contribution in [3.63, 3.8) is 0 Å². The van der Waals surface area contributed by atoms with Crippen LogP contribution in [0.3, 0.4) is 0 Å². The molecule has 3 aromatic carbocycles. The zero-order valence-electron chi connectivity index (χ0n) is 17.7. The zero-order valence-corrected chi connectivity index (χ0v) is 19.2. The van der Waals surface area contributed by atoms with E-state index < -0.39 is 17.7 Å². The second kappa shape index (κ2) is 8.81. The smallest absolute Gasteiger partial charge is 0.300 e. The highest BCUT2D eigenvalue weighted by Crippen LogP contribution is 2.44. The number of aliphatic hydroxyl groups excluding tert-OH is 1. The summed E-state index contributed by atoms with van der Waals surface area (Å²) in [5.41, 5.74) is 1.84. The van der Waals surface area contributed by atoms with Crippen molar-refractivity contribution in [2.45, 2.75) is 13.0 Å². The van der Waals surface area contributed by atoms with Gasteiger partial charge in [0, 0.05) is 5.69 Å². The Morgan fingerprint density at radius 2 is 1.67 bits per heavy atom. The van der Waals surface area contributed by atoms with Gasteiger partial charge in [-0.25, -0.2) is 0 Å². The predicted octanol–water partition coefficient (Wildman–Crippen LogP) is 5.64. The van der Waals surface area contributed by atoms with E-state index in [0.29, 0.717) is 22.0 Å². The Kier molecular flexibility index (Phi) is 6.06. The van der Waals surface area contributed by atoms with E-state index in [1.807, 2.05) is 6.92 Å². The van der Waals surface area contributed by atoms with Crippen molar-refractivity contribution in [1.82, 2.24) is 0 Å². The number of ether oxygens (including phenoxy) is 1. The minimum absolute atomic E-state index is 0.0191. The molecule has 1 atom stereocenters. The zero-order chi connectivity index (χ0) is 23.9. The summed E-state index contributed by atoms with van der Waals surface area (Å²) in [6.07, 6.45) is 0. The van der Waals surface area contributed by atoms with Crippen LogP contribution in [0.15, 0.2) is 66.2 Å². The lowest BCUT2D eigenvalue weighted by atomic mass is 9.94. The number of Topliss-reactive ketones (excluding diaryl/α,β-unsaturated/α-hetero) is 1. The number of ketones is 1. The molecule has 1 amide bonds. The molecule has 0 radical (unpaired) electrons. The van der Waals surface area contributed by atoms with Crippen molar-refractivity contribution in [3.8, 4) is 11.5 Å². The second-order valence-electron chi connectivity index (χ2n) is 7.56. The van der Waals surface area contributed by atoms with Gasteiger partial charge in [0.2, 0.25) is 0 Å². The highest BCUT2D eigenvalue weighted by Gasteiger charge is 2.47. The van der Waals surface area contributed by atoms with E-state index in [9.17, 15) is 19.8 Å². The molecule has 0 aliphatic carbocycles. The van der Waals surface area contributed by atoms with Crippen LogP contribution in [-0.4, -0.2) is 29.0 Å². The quantitative estimate of drug-likeness (QED) is 0.284. The maximum Gasteiger partial charge on any atom is 0.300 e. The number of phenolic OH excluding ortho intramolecular Hbond substituents is 1. The van der Waals surface area contributed by atoms with E-state index in [-0.39, 0.29) is 27.7 Å². The minimum Gasteiger partial charge on any atom is -0.508 e. The summed E-state index contributed by atoms with van der Waals surface area (Å²) in [4.78, 5) is 27.7. The van der Waals surface area contributed by atoms with Crippen LogP contribution in [0.4, 0.5) is 5.69 Å². The third-order valence-corrected chi connectivity index (χ3v) is 6.18. The molecular weight excluding hydrogens is 465 g/mol. The molecule has 1 saturated heterocycles. The van der Waals surface area contributed by atoms with E-state index in [1.54, 1.807) is 36.4 Å². The Morgan fingerprint density at radius 1 is 0.970 bits per heavy atom. The van der Waals surface area contributed by atoms with Gasteiger partial charge < -0.3 is 14.9 Å². The van der Waals surface area contributed by atoms with Gasteiger partial charge in [0.05, 0.1) is 34.3 Å². The summed E-state index contributed by atoms with van der Waals surface area (Å²) in [6.45, 7) is 1.84. The first kappa shape index (κ1) is 22.7. The number of methoxy groups -OCH3 is 1. The van der Waals surface area contributed by atoms with Gasteiger partial charge in [-0.3, -0.25) is 14.5 Å². The van der Waals surface area contributed by atoms with Gasteiger partial charge in [0.25, 0.3) is 11.7 Å². The molecule has 0 bridgehead atoms. The average molecular weight is 484 g/mol. The molecular formula is C25H19Cl2NO5. The number of carbonyl (C=O) groups excluding carboxylic acids is 2. The summed E-state index contributed by atoms with van der Waals surface area (Å²) >= 11 is 12.2. The van der Waals surface area contributed by atoms with Crippen LogP contribution < -0.4 is 9.64 Å². The summed E-state index contributed by atoms with van der Waals surface area (Å²) in [5, 5.41) is 21.5. The number of phenols is 1. The standard InChI is InChI=1S/C25H19Cl2NO5/c1-13-3-10-20(33-2)17(11-13)23(30)21-22(14-4-7-16(29)8-5-14)28(25(32)24(21)31)15-6-9-18(26)19(27)12-15/h3-12,22,29-30H,1-2H3/b23-21+. The van der Waals surface area contributed by atoms with Crippen LogP contribution in [0, 0.1) is 6.92 Å². The van der Waals surface area contributed by atoms with Gasteiger partial charge in [0.1, 0.15) is 17.3 Å². The van der Waals surface area contributed by atoms with E-state index in [0.717, 1.165) is 5.56 Å². The first-order valence-electron chi connectivity index (χ1n) is 9.93. The van der Waals surface area contributed by atoms with E-state index in [2.05, 4.69) is 0 Å². The number of benzene rings is 3. The number of amides is 1. The molecule has 0 spiro atoms. The molecule has 33 heavy (non-hydrogen) atoms. The third-order valence-electron chi connectivity index (χ3n) is 5.44. The number of hydrogen-bond acceptors (Lipinski definition) is 5. The highest BCUT2D eigenvalue weighted by molar-refractivity contribution is 6.52. The molecule has 8 heteroatoms. The number of rotatable bonds is 4. The summed E-state index contributed by atoms with van der Waals surface area (Å²) < 4.78 is 5.37. The lowest BCUT2D eigenvalue weighted by Crippen LogP contribution is -2.29. The van der Waals surface area contributed by atoms with E-state index >= 15 is 0 Å². The van der Waals surface area contributed by atoms with Crippen LogP contribution in [0.5, 0.6) is 11.5 Å². The molecule has 1 aliphatic heterocycles. The van der Waals surface area contributed by atoms with Crippen molar-refractivity contribution in [2.75, 3.05) is 12.0 Å². The molecule has 168 valence electrons. The molecule has 1 fully saturated rings. The summed E-state index contributed by atoms with van der Waals surface area (Å²) in [7, 11) is 1.45. The monoisotopic (exact) mass is 483 g/mol.